The molecule has 0 radical (unpaired) electrons. The van der Waals surface area contributed by atoms with Gasteiger partial charge in [0.2, 0.25) is 10.0 Å². The van der Waals surface area contributed by atoms with E-state index in [1.165, 1.54) is 29.3 Å². The first-order chi connectivity index (χ1) is 10.1. The van der Waals surface area contributed by atoms with Crippen molar-refractivity contribution in [3.63, 3.8) is 0 Å². The minimum absolute atomic E-state index is 0.0193. The van der Waals surface area contributed by atoms with Crippen LogP contribution in [0.5, 0.6) is 0 Å². The second kappa shape index (κ2) is 6.94. The molecule has 21 heavy (non-hydrogen) atoms. The fraction of sp³-hybridized carbons (Fsp3) is 0.250. The van der Waals surface area contributed by atoms with Crippen LogP contribution in [0.2, 0.25) is 0 Å². The van der Waals surface area contributed by atoms with Crippen LogP contribution in [0.3, 0.4) is 0 Å². The standard InChI is InChI=1S/C12H13N5O3S/c18-7-1-2-11-8-12(10-13-9-11)21(19,20)15-4-6-17-5-3-14-16-17/h3,5,8-10,15,18H,4,6-7H2. The first kappa shape index (κ1) is 15.1. The van der Waals surface area contributed by atoms with Gasteiger partial charge in [-0.3, -0.25) is 9.67 Å². The van der Waals surface area contributed by atoms with Gasteiger partial charge in [-0.25, -0.2) is 13.1 Å². The zero-order valence-corrected chi connectivity index (χ0v) is 11.8. The van der Waals surface area contributed by atoms with Crippen molar-refractivity contribution >= 4 is 10.0 Å². The number of hydrogen-bond donors (Lipinski definition) is 2. The fourth-order valence-electron chi connectivity index (χ4n) is 1.51. The molecule has 0 amide bonds. The van der Waals surface area contributed by atoms with Crippen LogP contribution in [0.25, 0.3) is 0 Å². The summed E-state index contributed by atoms with van der Waals surface area (Å²) >= 11 is 0. The molecule has 0 saturated heterocycles. The molecule has 8 nitrogen and oxygen atoms in total. The van der Waals surface area contributed by atoms with E-state index < -0.39 is 10.0 Å². The molecule has 0 atom stereocenters. The normalized spacial score (nSPS) is 10.9. The summed E-state index contributed by atoms with van der Waals surface area (Å²) in [6.07, 6.45) is 5.82. The monoisotopic (exact) mass is 307 g/mol. The molecular weight excluding hydrogens is 294 g/mol. The lowest BCUT2D eigenvalue weighted by molar-refractivity contribution is 0.350. The fourth-order valence-corrected chi connectivity index (χ4v) is 2.51. The summed E-state index contributed by atoms with van der Waals surface area (Å²) in [5.74, 6) is 5.04. The largest absolute Gasteiger partial charge is 0.384 e. The number of aliphatic hydroxyl groups is 1. The van der Waals surface area contributed by atoms with Gasteiger partial charge in [0.25, 0.3) is 0 Å². The molecule has 0 unspecified atom stereocenters. The van der Waals surface area contributed by atoms with Crippen molar-refractivity contribution in [3.05, 3.63) is 36.4 Å². The van der Waals surface area contributed by atoms with E-state index in [1.54, 1.807) is 6.20 Å². The van der Waals surface area contributed by atoms with Crippen molar-refractivity contribution in [1.29, 1.82) is 0 Å². The Morgan fingerprint density at radius 1 is 1.38 bits per heavy atom. The van der Waals surface area contributed by atoms with Crippen LogP contribution in [-0.4, -0.2) is 46.7 Å². The third-order valence-electron chi connectivity index (χ3n) is 2.44. The topological polar surface area (TPSA) is 110 Å². The third-order valence-corrected chi connectivity index (χ3v) is 3.87. The van der Waals surface area contributed by atoms with Gasteiger partial charge < -0.3 is 5.11 Å². The molecule has 0 aliphatic rings. The van der Waals surface area contributed by atoms with E-state index in [1.807, 2.05) is 0 Å². The Bertz CT molecular complexity index is 747. The second-order valence-electron chi connectivity index (χ2n) is 3.93. The summed E-state index contributed by atoms with van der Waals surface area (Å²) < 4.78 is 28.1. The zero-order chi connectivity index (χ0) is 15.1. The minimum atomic E-state index is -3.67. The lowest BCUT2D eigenvalue weighted by atomic mass is 10.3. The maximum absolute atomic E-state index is 12.1. The molecular formula is C12H13N5O3S. The van der Waals surface area contributed by atoms with Gasteiger partial charge >= 0.3 is 0 Å². The molecule has 110 valence electrons. The van der Waals surface area contributed by atoms with Crippen LogP contribution in [0, 0.1) is 11.8 Å². The molecule has 2 aromatic rings. The smallest absolute Gasteiger partial charge is 0.242 e. The summed E-state index contributed by atoms with van der Waals surface area (Å²) in [4.78, 5) is 3.85. The molecule has 2 aromatic heterocycles. The number of aromatic nitrogens is 4. The molecule has 0 aliphatic heterocycles. The molecule has 0 aliphatic carbocycles. The van der Waals surface area contributed by atoms with Gasteiger partial charge in [-0.1, -0.05) is 17.1 Å². The molecule has 0 spiro atoms. The lowest BCUT2D eigenvalue weighted by Gasteiger charge is -2.06. The highest BCUT2D eigenvalue weighted by molar-refractivity contribution is 7.89. The summed E-state index contributed by atoms with van der Waals surface area (Å²) in [7, 11) is -3.67. The zero-order valence-electron chi connectivity index (χ0n) is 11.0. The van der Waals surface area contributed by atoms with Gasteiger partial charge in [0.1, 0.15) is 11.5 Å². The molecule has 2 heterocycles. The van der Waals surface area contributed by atoms with E-state index in [-0.39, 0.29) is 18.0 Å². The van der Waals surface area contributed by atoms with Crippen molar-refractivity contribution in [2.24, 2.45) is 0 Å². The van der Waals surface area contributed by atoms with Crippen molar-refractivity contribution in [1.82, 2.24) is 24.7 Å². The van der Waals surface area contributed by atoms with E-state index >= 15 is 0 Å². The van der Waals surface area contributed by atoms with Gasteiger partial charge in [0.15, 0.2) is 0 Å². The average Bonchev–Trinajstić information content (AvgIpc) is 2.98. The number of nitrogens with one attached hydrogen (secondary N) is 1. The van der Waals surface area contributed by atoms with Crippen molar-refractivity contribution in [2.75, 3.05) is 13.2 Å². The quantitative estimate of drug-likeness (QED) is 0.685. The minimum Gasteiger partial charge on any atom is -0.384 e. The van der Waals surface area contributed by atoms with Gasteiger partial charge in [-0.15, -0.1) is 5.10 Å². The van der Waals surface area contributed by atoms with Crippen LogP contribution in [0.1, 0.15) is 5.56 Å². The molecule has 0 fully saturated rings. The van der Waals surface area contributed by atoms with E-state index in [0.717, 1.165) is 0 Å². The van der Waals surface area contributed by atoms with E-state index in [4.69, 9.17) is 5.11 Å². The van der Waals surface area contributed by atoms with E-state index in [2.05, 4.69) is 31.9 Å². The van der Waals surface area contributed by atoms with Gasteiger partial charge in [-0.2, -0.15) is 0 Å². The van der Waals surface area contributed by atoms with Gasteiger partial charge in [-0.05, 0) is 6.07 Å². The van der Waals surface area contributed by atoms with Gasteiger partial charge in [0, 0.05) is 30.7 Å². The molecule has 0 aromatic carbocycles. The summed E-state index contributed by atoms with van der Waals surface area (Å²) in [6, 6.07) is 1.40. The Kier molecular flexibility index (Phi) is 4.99. The Hall–Kier alpha value is -2.28. The van der Waals surface area contributed by atoms with Crippen LogP contribution in [-0.2, 0) is 16.6 Å². The number of pyridine rings is 1. The Balaban J connectivity index is 2.04. The molecule has 0 bridgehead atoms. The van der Waals surface area contributed by atoms with Crippen LogP contribution in [0.4, 0.5) is 0 Å². The first-order valence-corrected chi connectivity index (χ1v) is 7.49. The average molecular weight is 307 g/mol. The summed E-state index contributed by atoms with van der Waals surface area (Å²) in [6.45, 7) is 0.252. The predicted molar refractivity (Wildman–Crippen MR) is 73.4 cm³/mol. The van der Waals surface area contributed by atoms with Crippen LogP contribution >= 0.6 is 0 Å². The van der Waals surface area contributed by atoms with E-state index in [0.29, 0.717) is 12.1 Å². The number of sulfonamides is 1. The van der Waals surface area contributed by atoms with E-state index in [9.17, 15) is 8.42 Å². The van der Waals surface area contributed by atoms with Crippen molar-refractivity contribution < 1.29 is 13.5 Å². The molecule has 0 saturated carbocycles. The maximum Gasteiger partial charge on any atom is 0.242 e. The maximum atomic E-state index is 12.1. The Morgan fingerprint density at radius 2 is 2.24 bits per heavy atom. The highest BCUT2D eigenvalue weighted by Crippen LogP contribution is 2.08. The number of aliphatic hydroxyl groups excluding tert-OH is 1. The first-order valence-electron chi connectivity index (χ1n) is 6.00. The summed E-state index contributed by atoms with van der Waals surface area (Å²) in [5, 5.41) is 16.0. The Morgan fingerprint density at radius 3 is 2.95 bits per heavy atom. The SMILES string of the molecule is O=S(=O)(NCCn1ccnn1)c1cncc(C#CCO)c1. The number of nitrogens with zero attached hydrogens (tertiary/aromatic N) is 4. The summed E-state index contributed by atoms with van der Waals surface area (Å²) in [5.41, 5.74) is 0.420. The van der Waals surface area contributed by atoms with Crippen molar-refractivity contribution in [3.8, 4) is 11.8 Å². The lowest BCUT2D eigenvalue weighted by Crippen LogP contribution is -2.27. The Labute approximate surface area is 121 Å². The highest BCUT2D eigenvalue weighted by atomic mass is 32.2. The molecule has 2 N–H and O–H groups in total. The van der Waals surface area contributed by atoms with Crippen LogP contribution < -0.4 is 4.72 Å². The second-order valence-corrected chi connectivity index (χ2v) is 5.70. The highest BCUT2D eigenvalue weighted by Gasteiger charge is 2.14. The predicted octanol–water partition coefficient (Wildman–Crippen LogP) is -1.00. The van der Waals surface area contributed by atoms with Crippen molar-refractivity contribution in [2.45, 2.75) is 11.4 Å². The van der Waals surface area contributed by atoms with Gasteiger partial charge in [0.05, 0.1) is 12.7 Å². The number of hydrogen-bond acceptors (Lipinski definition) is 6. The number of rotatable bonds is 5. The van der Waals surface area contributed by atoms with Crippen LogP contribution in [0.15, 0.2) is 35.7 Å². The third kappa shape index (κ3) is 4.35. The molecule has 2 rings (SSSR count). The molecule has 9 heteroatoms.